The SMILES string of the molecule is CCOC(=O)COc1cc(Br)c(/C=C(/C#N)C(=O)Nc2cccc(C(F)(F)F)c2)cc1OC. The molecule has 2 aromatic carbocycles. The predicted molar refractivity (Wildman–Crippen MR) is 116 cm³/mol. The van der Waals surface area contributed by atoms with Gasteiger partial charge >= 0.3 is 12.1 Å². The lowest BCUT2D eigenvalue weighted by atomic mass is 10.1. The van der Waals surface area contributed by atoms with E-state index in [1.807, 2.05) is 0 Å². The summed E-state index contributed by atoms with van der Waals surface area (Å²) in [7, 11) is 1.36. The normalized spacial score (nSPS) is 11.4. The first-order valence-electron chi connectivity index (χ1n) is 9.35. The van der Waals surface area contributed by atoms with Crippen molar-refractivity contribution in [3.8, 4) is 17.6 Å². The summed E-state index contributed by atoms with van der Waals surface area (Å²) in [5, 5.41) is 11.7. The fourth-order valence-electron chi connectivity index (χ4n) is 2.55. The number of nitriles is 1. The number of alkyl halides is 3. The van der Waals surface area contributed by atoms with E-state index in [0.29, 0.717) is 10.0 Å². The molecule has 2 rings (SSSR count). The van der Waals surface area contributed by atoms with E-state index in [0.717, 1.165) is 18.2 Å². The van der Waals surface area contributed by atoms with Gasteiger partial charge in [0.05, 0.1) is 19.3 Å². The molecule has 0 heterocycles. The summed E-state index contributed by atoms with van der Waals surface area (Å²) in [5.74, 6) is -1.05. The Balaban J connectivity index is 2.27. The number of methoxy groups -OCH3 is 1. The fourth-order valence-corrected chi connectivity index (χ4v) is 2.99. The first-order valence-corrected chi connectivity index (χ1v) is 10.1. The van der Waals surface area contributed by atoms with Gasteiger partial charge in [0.15, 0.2) is 18.1 Å². The van der Waals surface area contributed by atoms with Gasteiger partial charge in [0.25, 0.3) is 5.91 Å². The summed E-state index contributed by atoms with van der Waals surface area (Å²) in [6.07, 6.45) is -3.35. The van der Waals surface area contributed by atoms with E-state index in [-0.39, 0.29) is 36.0 Å². The van der Waals surface area contributed by atoms with Crippen molar-refractivity contribution in [2.75, 3.05) is 25.6 Å². The van der Waals surface area contributed by atoms with E-state index in [4.69, 9.17) is 14.2 Å². The van der Waals surface area contributed by atoms with Gasteiger partial charge in [0.1, 0.15) is 11.6 Å². The van der Waals surface area contributed by atoms with Crippen molar-refractivity contribution in [1.29, 1.82) is 5.26 Å². The molecule has 0 atom stereocenters. The summed E-state index contributed by atoms with van der Waals surface area (Å²) in [4.78, 5) is 24.0. The third-order valence-electron chi connectivity index (χ3n) is 4.05. The van der Waals surface area contributed by atoms with Crippen LogP contribution in [0.25, 0.3) is 6.08 Å². The molecule has 0 saturated carbocycles. The van der Waals surface area contributed by atoms with Crippen LogP contribution in [0.15, 0.2) is 46.4 Å². The minimum absolute atomic E-state index is 0.115. The van der Waals surface area contributed by atoms with Gasteiger partial charge in [-0.15, -0.1) is 0 Å². The van der Waals surface area contributed by atoms with E-state index < -0.39 is 23.6 Å². The van der Waals surface area contributed by atoms with Crippen LogP contribution in [0.5, 0.6) is 11.5 Å². The first kappa shape index (κ1) is 25.7. The Morgan fingerprint density at radius 3 is 2.55 bits per heavy atom. The highest BCUT2D eigenvalue weighted by molar-refractivity contribution is 9.10. The summed E-state index contributed by atoms with van der Waals surface area (Å²) in [5.41, 5.74) is -1.06. The summed E-state index contributed by atoms with van der Waals surface area (Å²) >= 11 is 3.29. The van der Waals surface area contributed by atoms with Crippen LogP contribution >= 0.6 is 15.9 Å². The molecule has 11 heteroatoms. The molecule has 174 valence electrons. The molecule has 33 heavy (non-hydrogen) atoms. The van der Waals surface area contributed by atoms with Gasteiger partial charge in [-0.3, -0.25) is 4.79 Å². The minimum atomic E-state index is -4.58. The molecule has 0 spiro atoms. The van der Waals surface area contributed by atoms with Crippen LogP contribution in [-0.4, -0.2) is 32.2 Å². The zero-order valence-electron chi connectivity index (χ0n) is 17.5. The van der Waals surface area contributed by atoms with Gasteiger partial charge in [0.2, 0.25) is 0 Å². The molecular weight excluding hydrogens is 509 g/mol. The topological polar surface area (TPSA) is 97.7 Å². The number of hydrogen-bond donors (Lipinski definition) is 1. The molecule has 0 radical (unpaired) electrons. The molecule has 2 aromatic rings. The van der Waals surface area contributed by atoms with E-state index >= 15 is 0 Å². The lowest BCUT2D eigenvalue weighted by molar-refractivity contribution is -0.145. The number of anilines is 1. The van der Waals surface area contributed by atoms with Crippen molar-refractivity contribution in [3.05, 3.63) is 57.6 Å². The Bertz CT molecular complexity index is 1110. The summed E-state index contributed by atoms with van der Waals surface area (Å²) in [6, 6.07) is 8.71. The van der Waals surface area contributed by atoms with E-state index in [2.05, 4.69) is 21.2 Å². The molecule has 1 N–H and O–H groups in total. The molecule has 0 fully saturated rings. The highest BCUT2D eigenvalue weighted by Gasteiger charge is 2.30. The average molecular weight is 527 g/mol. The van der Waals surface area contributed by atoms with Gasteiger partial charge in [0, 0.05) is 10.2 Å². The van der Waals surface area contributed by atoms with Crippen LogP contribution in [0.1, 0.15) is 18.1 Å². The standard InChI is InChI=1S/C22H18BrF3N2O5/c1-3-32-20(29)12-33-19-10-17(23)13(8-18(19)31-2)7-14(11-27)21(30)28-16-6-4-5-15(9-16)22(24,25)26/h4-10H,3,12H2,1-2H3,(H,28,30)/b14-7-. The maximum atomic E-state index is 12.9. The predicted octanol–water partition coefficient (Wildman–Crippen LogP) is 4.96. The van der Waals surface area contributed by atoms with Gasteiger partial charge < -0.3 is 19.5 Å². The Morgan fingerprint density at radius 2 is 1.94 bits per heavy atom. The van der Waals surface area contributed by atoms with Gasteiger partial charge in [-0.2, -0.15) is 18.4 Å². The second kappa shape index (κ2) is 11.4. The molecule has 0 bridgehead atoms. The van der Waals surface area contributed by atoms with E-state index in [1.165, 1.54) is 31.4 Å². The maximum absolute atomic E-state index is 12.9. The number of ether oxygens (including phenoxy) is 3. The number of nitrogens with zero attached hydrogens (tertiary/aromatic N) is 1. The van der Waals surface area contributed by atoms with Gasteiger partial charge in [-0.05, 0) is 48.9 Å². The van der Waals surface area contributed by atoms with Gasteiger partial charge in [-0.1, -0.05) is 22.0 Å². The average Bonchev–Trinajstić information content (AvgIpc) is 2.76. The second-order valence-electron chi connectivity index (χ2n) is 6.32. The third-order valence-corrected chi connectivity index (χ3v) is 4.73. The molecular formula is C22H18BrF3N2O5. The monoisotopic (exact) mass is 526 g/mol. The second-order valence-corrected chi connectivity index (χ2v) is 7.18. The lowest BCUT2D eigenvalue weighted by Gasteiger charge is -2.13. The quantitative estimate of drug-likeness (QED) is 0.296. The van der Waals surface area contributed by atoms with Crippen molar-refractivity contribution < 1.29 is 37.0 Å². The van der Waals surface area contributed by atoms with E-state index in [1.54, 1.807) is 13.0 Å². The van der Waals surface area contributed by atoms with E-state index in [9.17, 15) is 28.0 Å². The zero-order chi connectivity index (χ0) is 24.6. The van der Waals surface area contributed by atoms with Crippen molar-refractivity contribution in [2.24, 2.45) is 0 Å². The Kier molecular flexibility index (Phi) is 8.87. The van der Waals surface area contributed by atoms with Crippen LogP contribution in [0.3, 0.4) is 0 Å². The Hall–Kier alpha value is -3.52. The largest absolute Gasteiger partial charge is 0.493 e. The van der Waals surface area contributed by atoms with Crippen LogP contribution < -0.4 is 14.8 Å². The van der Waals surface area contributed by atoms with Crippen LogP contribution in [-0.2, 0) is 20.5 Å². The van der Waals surface area contributed by atoms with Crippen LogP contribution in [0.2, 0.25) is 0 Å². The number of benzene rings is 2. The number of nitrogens with one attached hydrogen (secondary N) is 1. The lowest BCUT2D eigenvalue weighted by Crippen LogP contribution is -2.15. The molecule has 0 aliphatic heterocycles. The highest BCUT2D eigenvalue weighted by Crippen LogP contribution is 2.35. The summed E-state index contributed by atoms with van der Waals surface area (Å²) in [6.45, 7) is 1.51. The van der Waals surface area contributed by atoms with Gasteiger partial charge in [-0.25, -0.2) is 4.79 Å². The zero-order valence-corrected chi connectivity index (χ0v) is 19.0. The number of esters is 1. The number of carbonyl (C=O) groups is 2. The Morgan fingerprint density at radius 1 is 1.21 bits per heavy atom. The molecule has 0 aromatic heterocycles. The Labute approximate surface area is 195 Å². The van der Waals surface area contributed by atoms with Crippen molar-refractivity contribution >= 4 is 39.6 Å². The molecule has 0 aliphatic carbocycles. The number of hydrogen-bond acceptors (Lipinski definition) is 6. The molecule has 7 nitrogen and oxygen atoms in total. The first-order chi connectivity index (χ1) is 15.6. The van der Waals surface area contributed by atoms with Crippen LogP contribution in [0, 0.1) is 11.3 Å². The molecule has 1 amide bonds. The maximum Gasteiger partial charge on any atom is 0.416 e. The number of halogens is 4. The molecule has 0 aliphatic rings. The molecule has 0 unspecified atom stereocenters. The van der Waals surface area contributed by atoms with Crippen molar-refractivity contribution in [1.82, 2.24) is 0 Å². The number of amides is 1. The smallest absolute Gasteiger partial charge is 0.416 e. The third kappa shape index (κ3) is 7.25. The molecule has 0 saturated heterocycles. The van der Waals surface area contributed by atoms with Crippen molar-refractivity contribution in [2.45, 2.75) is 13.1 Å². The fraction of sp³-hybridized carbons (Fsp3) is 0.227. The summed E-state index contributed by atoms with van der Waals surface area (Å²) < 4.78 is 54.4. The highest BCUT2D eigenvalue weighted by atomic mass is 79.9. The minimum Gasteiger partial charge on any atom is -0.493 e. The number of rotatable bonds is 8. The van der Waals surface area contributed by atoms with Crippen molar-refractivity contribution in [3.63, 3.8) is 0 Å². The van der Waals surface area contributed by atoms with Crippen LogP contribution in [0.4, 0.5) is 18.9 Å². The number of carbonyl (C=O) groups excluding carboxylic acids is 2.